The SMILES string of the molecule is CC1=NN(c2ccc(OC(F)F)cc2)C(=O)C1C(=O)Cc1cccc(C(F)(F)C2CCCC2)c1. The maximum atomic E-state index is 14.9. The second kappa shape index (κ2) is 9.56. The summed E-state index contributed by atoms with van der Waals surface area (Å²) in [5.74, 6) is -5.92. The van der Waals surface area contributed by atoms with Crippen molar-refractivity contribution in [1.82, 2.24) is 0 Å². The number of hydrazone groups is 1. The maximum Gasteiger partial charge on any atom is 0.387 e. The van der Waals surface area contributed by atoms with Crippen molar-refractivity contribution in [2.45, 2.75) is 51.6 Å². The lowest BCUT2D eigenvalue weighted by Gasteiger charge is -2.24. The number of hydrogen-bond donors (Lipinski definition) is 0. The van der Waals surface area contributed by atoms with Crippen molar-refractivity contribution in [2.24, 2.45) is 16.9 Å². The lowest BCUT2D eigenvalue weighted by molar-refractivity contribution is -0.128. The molecule has 1 aliphatic heterocycles. The van der Waals surface area contributed by atoms with E-state index in [9.17, 15) is 27.2 Å². The fraction of sp³-hybridized carbons (Fsp3) is 0.400. The van der Waals surface area contributed by atoms with E-state index in [4.69, 9.17) is 0 Å². The van der Waals surface area contributed by atoms with Crippen LogP contribution in [0.2, 0.25) is 0 Å². The lowest BCUT2D eigenvalue weighted by atomic mass is 9.90. The first kappa shape index (κ1) is 23.9. The third-order valence-corrected chi connectivity index (χ3v) is 6.32. The van der Waals surface area contributed by atoms with Crippen molar-refractivity contribution >= 4 is 23.1 Å². The van der Waals surface area contributed by atoms with Crippen LogP contribution in [-0.2, 0) is 21.9 Å². The molecule has 1 fully saturated rings. The highest BCUT2D eigenvalue weighted by molar-refractivity contribution is 6.27. The Morgan fingerprint density at radius 2 is 1.82 bits per heavy atom. The second-order valence-electron chi connectivity index (χ2n) is 8.64. The van der Waals surface area contributed by atoms with Gasteiger partial charge in [-0.1, -0.05) is 31.0 Å². The molecule has 1 aliphatic carbocycles. The monoisotopic (exact) mass is 476 g/mol. The van der Waals surface area contributed by atoms with E-state index in [1.54, 1.807) is 13.0 Å². The summed E-state index contributed by atoms with van der Waals surface area (Å²) in [4.78, 5) is 25.9. The third kappa shape index (κ3) is 4.83. The van der Waals surface area contributed by atoms with E-state index < -0.39 is 36.1 Å². The molecule has 1 saturated carbocycles. The summed E-state index contributed by atoms with van der Waals surface area (Å²) < 4.78 is 58.8. The Labute approximate surface area is 194 Å². The quantitative estimate of drug-likeness (QED) is 0.362. The highest BCUT2D eigenvalue weighted by Crippen LogP contribution is 2.44. The van der Waals surface area contributed by atoms with Crippen molar-refractivity contribution in [3.05, 3.63) is 59.7 Å². The van der Waals surface area contributed by atoms with Crippen LogP contribution in [0.3, 0.4) is 0 Å². The third-order valence-electron chi connectivity index (χ3n) is 6.32. The molecule has 180 valence electrons. The van der Waals surface area contributed by atoms with Gasteiger partial charge in [0.2, 0.25) is 0 Å². The van der Waals surface area contributed by atoms with E-state index >= 15 is 0 Å². The van der Waals surface area contributed by atoms with Gasteiger partial charge in [-0.15, -0.1) is 0 Å². The smallest absolute Gasteiger partial charge is 0.387 e. The number of Topliss-reactive ketones (excluding diaryl/α,β-unsaturated/α-hetero) is 1. The van der Waals surface area contributed by atoms with Crippen LogP contribution in [0.4, 0.5) is 23.2 Å². The highest BCUT2D eigenvalue weighted by Gasteiger charge is 2.43. The van der Waals surface area contributed by atoms with Gasteiger partial charge in [-0.05, 0) is 55.7 Å². The molecular formula is C25H24F4N2O3. The minimum Gasteiger partial charge on any atom is -0.435 e. The number of carbonyl (C=O) groups is 2. The first-order valence-corrected chi connectivity index (χ1v) is 11.1. The number of nitrogens with zero attached hydrogens (tertiary/aromatic N) is 2. The number of amides is 1. The maximum absolute atomic E-state index is 14.9. The van der Waals surface area contributed by atoms with Crippen LogP contribution in [0.25, 0.3) is 0 Å². The van der Waals surface area contributed by atoms with Crippen molar-refractivity contribution in [1.29, 1.82) is 0 Å². The Morgan fingerprint density at radius 1 is 1.15 bits per heavy atom. The van der Waals surface area contributed by atoms with Gasteiger partial charge in [0.1, 0.15) is 11.7 Å². The predicted molar refractivity (Wildman–Crippen MR) is 118 cm³/mol. The number of rotatable bonds is 8. The molecular weight excluding hydrogens is 452 g/mol. The molecule has 2 aromatic rings. The highest BCUT2D eigenvalue weighted by atomic mass is 19.3. The standard InChI is InChI=1S/C25H24F4N2O3/c1-15-22(23(33)31(30-15)19-9-11-20(12-10-19)34-24(26)27)21(32)14-16-5-4-8-18(13-16)25(28,29)17-6-2-3-7-17/h4-5,8-13,17,22,24H,2-3,6-7,14H2,1H3. The average molecular weight is 476 g/mol. The summed E-state index contributed by atoms with van der Waals surface area (Å²) >= 11 is 0. The zero-order valence-corrected chi connectivity index (χ0v) is 18.5. The van der Waals surface area contributed by atoms with Crippen molar-refractivity contribution in [3.8, 4) is 5.75 Å². The van der Waals surface area contributed by atoms with Gasteiger partial charge >= 0.3 is 6.61 Å². The molecule has 0 bridgehead atoms. The molecule has 0 N–H and O–H groups in total. The van der Waals surface area contributed by atoms with Gasteiger partial charge in [-0.25, -0.2) is 8.78 Å². The minimum absolute atomic E-state index is 0.0759. The molecule has 0 radical (unpaired) electrons. The van der Waals surface area contributed by atoms with E-state index in [0.717, 1.165) is 17.9 Å². The van der Waals surface area contributed by atoms with Crippen LogP contribution >= 0.6 is 0 Å². The van der Waals surface area contributed by atoms with Gasteiger partial charge in [0.05, 0.1) is 11.4 Å². The van der Waals surface area contributed by atoms with Crippen LogP contribution < -0.4 is 9.75 Å². The van der Waals surface area contributed by atoms with Gasteiger partial charge < -0.3 is 4.74 Å². The lowest BCUT2D eigenvalue weighted by Crippen LogP contribution is -2.33. The zero-order chi connectivity index (χ0) is 24.5. The number of anilines is 1. The number of ether oxygens (including phenoxy) is 1. The van der Waals surface area contributed by atoms with Gasteiger partial charge in [-0.3, -0.25) is 9.59 Å². The summed E-state index contributed by atoms with van der Waals surface area (Å²) in [5, 5.41) is 5.19. The summed E-state index contributed by atoms with van der Waals surface area (Å²) in [6.45, 7) is -1.43. The molecule has 1 atom stereocenters. The van der Waals surface area contributed by atoms with Gasteiger partial charge in [0.25, 0.3) is 11.8 Å². The first-order chi connectivity index (χ1) is 16.2. The molecule has 9 heteroatoms. The second-order valence-corrected chi connectivity index (χ2v) is 8.64. The number of halogens is 4. The minimum atomic E-state index is -2.97. The normalized spacial score (nSPS) is 19.1. The molecule has 0 aromatic heterocycles. The predicted octanol–water partition coefficient (Wildman–Crippen LogP) is 5.72. The Morgan fingerprint density at radius 3 is 2.47 bits per heavy atom. The molecule has 2 aromatic carbocycles. The number of carbonyl (C=O) groups excluding carboxylic acids is 2. The topological polar surface area (TPSA) is 59.0 Å². The van der Waals surface area contributed by atoms with E-state index in [-0.39, 0.29) is 23.4 Å². The Balaban J connectivity index is 1.47. The fourth-order valence-corrected chi connectivity index (χ4v) is 4.61. The van der Waals surface area contributed by atoms with Gasteiger partial charge in [0.15, 0.2) is 5.78 Å². The molecule has 0 spiro atoms. The largest absolute Gasteiger partial charge is 0.435 e. The van der Waals surface area contributed by atoms with E-state index in [2.05, 4.69) is 9.84 Å². The first-order valence-electron chi connectivity index (χ1n) is 11.1. The molecule has 2 aliphatic rings. The van der Waals surface area contributed by atoms with Crippen molar-refractivity contribution in [2.75, 3.05) is 5.01 Å². The van der Waals surface area contributed by atoms with Crippen LogP contribution in [-0.4, -0.2) is 24.0 Å². The Bertz CT molecular complexity index is 1100. The molecule has 1 amide bonds. The summed E-state index contributed by atoms with van der Waals surface area (Å²) in [7, 11) is 0. The van der Waals surface area contributed by atoms with E-state index in [0.29, 0.717) is 24.1 Å². The fourth-order valence-electron chi connectivity index (χ4n) is 4.61. The number of ketones is 1. The number of benzene rings is 2. The summed E-state index contributed by atoms with van der Waals surface area (Å²) in [5.41, 5.74) is 0.864. The zero-order valence-electron chi connectivity index (χ0n) is 18.5. The van der Waals surface area contributed by atoms with Crippen LogP contribution in [0.15, 0.2) is 53.6 Å². The van der Waals surface area contributed by atoms with Crippen LogP contribution in [0.1, 0.15) is 43.7 Å². The molecule has 34 heavy (non-hydrogen) atoms. The molecule has 1 unspecified atom stereocenters. The van der Waals surface area contributed by atoms with Crippen molar-refractivity contribution < 1.29 is 31.9 Å². The van der Waals surface area contributed by atoms with E-state index in [1.807, 2.05) is 0 Å². The van der Waals surface area contributed by atoms with Crippen LogP contribution in [0.5, 0.6) is 5.75 Å². The van der Waals surface area contributed by atoms with Gasteiger partial charge in [0, 0.05) is 17.9 Å². The van der Waals surface area contributed by atoms with Crippen molar-refractivity contribution in [3.63, 3.8) is 0 Å². The van der Waals surface area contributed by atoms with E-state index in [1.165, 1.54) is 42.5 Å². The molecule has 0 saturated heterocycles. The molecule has 4 rings (SSSR count). The Kier molecular flexibility index (Phi) is 6.72. The number of hydrogen-bond acceptors (Lipinski definition) is 4. The Hall–Kier alpha value is -3.23. The molecule has 5 nitrogen and oxygen atoms in total. The van der Waals surface area contributed by atoms with Crippen LogP contribution in [0, 0.1) is 11.8 Å². The molecule has 1 heterocycles. The number of alkyl halides is 4. The summed E-state index contributed by atoms with van der Waals surface area (Å²) in [6.07, 6.45) is 2.35. The van der Waals surface area contributed by atoms with Gasteiger partial charge in [-0.2, -0.15) is 18.9 Å². The summed E-state index contributed by atoms with van der Waals surface area (Å²) in [6, 6.07) is 11.1. The average Bonchev–Trinajstić information content (AvgIpc) is 3.43.